The fourth-order valence-electron chi connectivity index (χ4n) is 3.39. The molecule has 0 unspecified atom stereocenters. The van der Waals surface area contributed by atoms with Crippen molar-refractivity contribution < 1.29 is 9.53 Å². The van der Waals surface area contributed by atoms with Crippen molar-refractivity contribution in [2.45, 2.75) is 65.4 Å². The van der Waals surface area contributed by atoms with E-state index < -0.39 is 0 Å². The van der Waals surface area contributed by atoms with E-state index in [0.717, 1.165) is 38.2 Å². The Hall–Kier alpha value is -0.570. The highest BCUT2D eigenvalue weighted by Crippen LogP contribution is 2.39. The molecule has 2 rings (SSSR count). The SMILES string of the molecule is CC(C)(C)C1CCC(C(=O)NC[C@@H]2CCCO2)CC1. The zero-order chi connectivity index (χ0) is 13.9. The van der Waals surface area contributed by atoms with Crippen LogP contribution in [0.3, 0.4) is 0 Å². The van der Waals surface area contributed by atoms with Gasteiger partial charge in [-0.05, 0) is 49.9 Å². The second-order valence-corrected chi connectivity index (χ2v) is 7.29. The summed E-state index contributed by atoms with van der Waals surface area (Å²) in [6, 6.07) is 0. The Labute approximate surface area is 117 Å². The lowest BCUT2D eigenvalue weighted by Gasteiger charge is -2.36. The smallest absolute Gasteiger partial charge is 0.223 e. The number of ether oxygens (including phenoxy) is 1. The zero-order valence-electron chi connectivity index (χ0n) is 12.7. The Morgan fingerprint density at radius 2 is 1.84 bits per heavy atom. The summed E-state index contributed by atoms with van der Waals surface area (Å²) in [6.45, 7) is 8.51. The van der Waals surface area contributed by atoms with Crippen LogP contribution in [0.15, 0.2) is 0 Å². The molecule has 110 valence electrons. The van der Waals surface area contributed by atoms with Crippen molar-refractivity contribution in [2.75, 3.05) is 13.2 Å². The summed E-state index contributed by atoms with van der Waals surface area (Å²) in [6.07, 6.45) is 6.99. The summed E-state index contributed by atoms with van der Waals surface area (Å²) in [5, 5.41) is 3.08. The van der Waals surface area contributed by atoms with Crippen LogP contribution < -0.4 is 5.32 Å². The molecule has 0 spiro atoms. The molecule has 1 N–H and O–H groups in total. The summed E-state index contributed by atoms with van der Waals surface area (Å²) in [5.41, 5.74) is 0.388. The lowest BCUT2D eigenvalue weighted by Crippen LogP contribution is -2.38. The van der Waals surface area contributed by atoms with Crippen LogP contribution >= 0.6 is 0 Å². The van der Waals surface area contributed by atoms with Gasteiger partial charge in [-0.15, -0.1) is 0 Å². The van der Waals surface area contributed by atoms with Crippen LogP contribution in [0.2, 0.25) is 0 Å². The molecule has 1 aliphatic carbocycles. The van der Waals surface area contributed by atoms with Crippen LogP contribution in [0.25, 0.3) is 0 Å². The predicted molar refractivity (Wildman–Crippen MR) is 76.9 cm³/mol. The minimum absolute atomic E-state index is 0.236. The maximum absolute atomic E-state index is 12.1. The largest absolute Gasteiger partial charge is 0.376 e. The van der Waals surface area contributed by atoms with Gasteiger partial charge in [-0.25, -0.2) is 0 Å². The monoisotopic (exact) mass is 267 g/mol. The average Bonchev–Trinajstić information content (AvgIpc) is 2.88. The number of amides is 1. The Morgan fingerprint density at radius 3 is 2.37 bits per heavy atom. The number of hydrogen-bond acceptors (Lipinski definition) is 2. The van der Waals surface area contributed by atoms with E-state index in [2.05, 4.69) is 26.1 Å². The quantitative estimate of drug-likeness (QED) is 0.853. The number of carbonyl (C=O) groups is 1. The van der Waals surface area contributed by atoms with Gasteiger partial charge in [0.25, 0.3) is 0 Å². The molecule has 19 heavy (non-hydrogen) atoms. The molecular weight excluding hydrogens is 238 g/mol. The molecule has 0 aromatic rings. The van der Waals surface area contributed by atoms with E-state index in [9.17, 15) is 4.79 Å². The van der Waals surface area contributed by atoms with Crippen LogP contribution in [0.5, 0.6) is 0 Å². The summed E-state index contributed by atoms with van der Waals surface area (Å²) in [5.74, 6) is 1.26. The van der Waals surface area contributed by atoms with Crippen LogP contribution in [0.4, 0.5) is 0 Å². The Bertz CT molecular complexity index is 294. The van der Waals surface area contributed by atoms with Gasteiger partial charge in [0.1, 0.15) is 0 Å². The third-order valence-corrected chi connectivity index (χ3v) is 4.85. The molecular formula is C16H29NO2. The summed E-state index contributed by atoms with van der Waals surface area (Å²) < 4.78 is 5.54. The van der Waals surface area contributed by atoms with Gasteiger partial charge in [0, 0.05) is 19.1 Å². The molecule has 2 fully saturated rings. The van der Waals surface area contributed by atoms with E-state index >= 15 is 0 Å². The second kappa shape index (κ2) is 6.25. The Kier molecular flexibility index (Phi) is 4.88. The van der Waals surface area contributed by atoms with E-state index in [0.29, 0.717) is 12.0 Å². The highest BCUT2D eigenvalue weighted by atomic mass is 16.5. The van der Waals surface area contributed by atoms with Crippen molar-refractivity contribution in [2.24, 2.45) is 17.3 Å². The standard InChI is InChI=1S/C16H29NO2/c1-16(2,3)13-8-6-12(7-9-13)15(18)17-11-14-5-4-10-19-14/h12-14H,4-11H2,1-3H3,(H,17,18)/t12?,13?,14-/m0/s1. The minimum Gasteiger partial charge on any atom is -0.376 e. The van der Waals surface area contributed by atoms with E-state index in [4.69, 9.17) is 4.74 Å². The molecule has 1 saturated carbocycles. The maximum Gasteiger partial charge on any atom is 0.223 e. The van der Waals surface area contributed by atoms with Gasteiger partial charge >= 0.3 is 0 Å². The Balaban J connectivity index is 1.70. The first-order valence-electron chi connectivity index (χ1n) is 7.86. The van der Waals surface area contributed by atoms with Crippen molar-refractivity contribution in [3.05, 3.63) is 0 Å². The van der Waals surface area contributed by atoms with Gasteiger partial charge in [0.05, 0.1) is 6.10 Å². The molecule has 2 aliphatic rings. The molecule has 0 radical (unpaired) electrons. The normalized spacial score (nSPS) is 32.3. The zero-order valence-corrected chi connectivity index (χ0v) is 12.7. The molecule has 0 aromatic carbocycles. The highest BCUT2D eigenvalue weighted by molar-refractivity contribution is 5.78. The van der Waals surface area contributed by atoms with Gasteiger partial charge in [0.15, 0.2) is 0 Å². The predicted octanol–water partition coefficient (Wildman–Crippen LogP) is 3.13. The van der Waals surface area contributed by atoms with Gasteiger partial charge in [-0.1, -0.05) is 20.8 Å². The van der Waals surface area contributed by atoms with Crippen molar-refractivity contribution in [1.29, 1.82) is 0 Å². The van der Waals surface area contributed by atoms with E-state index in [1.54, 1.807) is 0 Å². The molecule has 1 atom stereocenters. The minimum atomic E-state index is 0.236. The molecule has 1 saturated heterocycles. The lowest BCUT2D eigenvalue weighted by atomic mass is 9.69. The van der Waals surface area contributed by atoms with Crippen molar-refractivity contribution in [3.63, 3.8) is 0 Å². The number of hydrogen-bond donors (Lipinski definition) is 1. The number of carbonyl (C=O) groups excluding carboxylic acids is 1. The number of nitrogens with one attached hydrogen (secondary N) is 1. The molecule has 0 aromatic heterocycles. The summed E-state index contributed by atoms with van der Waals surface area (Å²) in [7, 11) is 0. The fraction of sp³-hybridized carbons (Fsp3) is 0.938. The third-order valence-electron chi connectivity index (χ3n) is 4.85. The first-order valence-corrected chi connectivity index (χ1v) is 7.86. The third kappa shape index (κ3) is 4.20. The van der Waals surface area contributed by atoms with Crippen LogP contribution in [0, 0.1) is 17.3 Å². The maximum atomic E-state index is 12.1. The Morgan fingerprint density at radius 1 is 1.16 bits per heavy atom. The molecule has 0 bridgehead atoms. The van der Waals surface area contributed by atoms with Gasteiger partial charge in [-0.3, -0.25) is 4.79 Å². The summed E-state index contributed by atoms with van der Waals surface area (Å²) >= 11 is 0. The summed E-state index contributed by atoms with van der Waals surface area (Å²) in [4.78, 5) is 12.1. The van der Waals surface area contributed by atoms with Crippen LogP contribution in [0.1, 0.15) is 59.3 Å². The average molecular weight is 267 g/mol. The van der Waals surface area contributed by atoms with Gasteiger partial charge < -0.3 is 10.1 Å². The molecule has 1 amide bonds. The molecule has 1 aliphatic heterocycles. The van der Waals surface area contributed by atoms with Crippen molar-refractivity contribution >= 4 is 5.91 Å². The molecule has 1 heterocycles. The van der Waals surface area contributed by atoms with E-state index in [-0.39, 0.29) is 17.9 Å². The lowest BCUT2D eigenvalue weighted by molar-refractivity contribution is -0.127. The highest BCUT2D eigenvalue weighted by Gasteiger charge is 2.32. The van der Waals surface area contributed by atoms with Crippen LogP contribution in [-0.4, -0.2) is 25.2 Å². The topological polar surface area (TPSA) is 38.3 Å². The second-order valence-electron chi connectivity index (χ2n) is 7.29. The van der Waals surface area contributed by atoms with E-state index in [1.165, 1.54) is 12.8 Å². The first-order chi connectivity index (χ1) is 8.97. The number of rotatable bonds is 3. The van der Waals surface area contributed by atoms with Crippen LogP contribution in [-0.2, 0) is 9.53 Å². The van der Waals surface area contributed by atoms with E-state index in [1.807, 2.05) is 0 Å². The van der Waals surface area contributed by atoms with Gasteiger partial charge in [0.2, 0.25) is 5.91 Å². The molecule has 3 nitrogen and oxygen atoms in total. The first kappa shape index (κ1) is 14.8. The van der Waals surface area contributed by atoms with Crippen molar-refractivity contribution in [1.82, 2.24) is 5.32 Å². The van der Waals surface area contributed by atoms with Gasteiger partial charge in [-0.2, -0.15) is 0 Å². The fourth-order valence-corrected chi connectivity index (χ4v) is 3.39. The molecule has 3 heteroatoms. The van der Waals surface area contributed by atoms with Crippen molar-refractivity contribution in [3.8, 4) is 0 Å².